The first-order valence-electron chi connectivity index (χ1n) is 5.84. The van der Waals surface area contributed by atoms with Gasteiger partial charge in [0.2, 0.25) is 0 Å². The Labute approximate surface area is 114 Å². The molecule has 0 amide bonds. The number of nitrogens with two attached hydrogens (primary N) is 1. The van der Waals surface area contributed by atoms with E-state index in [2.05, 4.69) is 31.7 Å². The molecule has 2 N–H and O–H groups in total. The monoisotopic (exact) mass is 271 g/mol. The minimum Gasteiger partial charge on any atom is -0.382 e. The van der Waals surface area contributed by atoms with Gasteiger partial charge in [0.05, 0.1) is 6.54 Å². The first-order chi connectivity index (χ1) is 9.29. The van der Waals surface area contributed by atoms with Crippen LogP contribution in [0.4, 0.5) is 5.82 Å². The fraction of sp³-hybridized carbons (Fsp3) is 0.154. The molecule has 3 rings (SSSR count). The number of anilines is 1. The molecule has 6 heteroatoms. The zero-order chi connectivity index (χ0) is 13.2. The third-order valence-corrected chi connectivity index (χ3v) is 3.57. The lowest BCUT2D eigenvalue weighted by atomic mass is 10.2. The van der Waals surface area contributed by atoms with Gasteiger partial charge in [-0.1, -0.05) is 42.1 Å². The highest BCUT2D eigenvalue weighted by Gasteiger charge is 2.14. The van der Waals surface area contributed by atoms with Crippen molar-refractivity contribution in [1.29, 1.82) is 0 Å². The van der Waals surface area contributed by atoms with Crippen molar-refractivity contribution in [1.82, 2.24) is 19.5 Å². The maximum absolute atomic E-state index is 5.85. The summed E-state index contributed by atoms with van der Waals surface area (Å²) in [5.74, 6) is 0.423. The quantitative estimate of drug-likeness (QED) is 0.739. The summed E-state index contributed by atoms with van der Waals surface area (Å²) in [5, 5.41) is 0.894. The molecule has 0 fully saturated rings. The van der Waals surface area contributed by atoms with E-state index in [1.54, 1.807) is 11.8 Å². The Morgan fingerprint density at radius 2 is 2.00 bits per heavy atom. The molecule has 0 saturated carbocycles. The van der Waals surface area contributed by atoms with Crippen molar-refractivity contribution in [3.63, 3.8) is 0 Å². The molecule has 19 heavy (non-hydrogen) atoms. The predicted octanol–water partition coefficient (Wildman–Crippen LogP) is 2.18. The lowest BCUT2D eigenvalue weighted by Crippen LogP contribution is -2.02. The summed E-state index contributed by atoms with van der Waals surface area (Å²) in [6.45, 7) is 0.726. The number of rotatable bonds is 3. The summed E-state index contributed by atoms with van der Waals surface area (Å²) in [6, 6.07) is 10.2. The lowest BCUT2D eigenvalue weighted by Gasteiger charge is -2.06. The molecule has 0 atom stereocenters. The summed E-state index contributed by atoms with van der Waals surface area (Å²) in [6.07, 6.45) is 3.47. The van der Waals surface area contributed by atoms with Gasteiger partial charge in [-0.25, -0.2) is 15.0 Å². The minimum absolute atomic E-state index is 0.423. The number of aromatic nitrogens is 4. The standard InChI is InChI=1S/C13H13N5S/c1-19-13-17-10-11(14)15-8-16-12(10)18(13)7-9-5-3-2-4-6-9/h2-6,8H,7H2,1H3,(H2,14,15,16). The first-order valence-corrected chi connectivity index (χ1v) is 7.06. The molecule has 3 aromatic rings. The molecular weight excluding hydrogens is 258 g/mol. The Kier molecular flexibility index (Phi) is 3.08. The normalized spacial score (nSPS) is 11.0. The highest BCUT2D eigenvalue weighted by atomic mass is 32.2. The van der Waals surface area contributed by atoms with E-state index in [-0.39, 0.29) is 0 Å². The van der Waals surface area contributed by atoms with E-state index >= 15 is 0 Å². The van der Waals surface area contributed by atoms with Gasteiger partial charge in [0.15, 0.2) is 22.1 Å². The Morgan fingerprint density at radius 1 is 1.21 bits per heavy atom. The topological polar surface area (TPSA) is 69.6 Å². The highest BCUT2D eigenvalue weighted by Crippen LogP contribution is 2.24. The van der Waals surface area contributed by atoms with Gasteiger partial charge in [0.1, 0.15) is 6.33 Å². The van der Waals surface area contributed by atoms with Crippen LogP contribution in [0.3, 0.4) is 0 Å². The third-order valence-electron chi connectivity index (χ3n) is 2.89. The summed E-state index contributed by atoms with van der Waals surface area (Å²) >= 11 is 1.58. The van der Waals surface area contributed by atoms with Crippen molar-refractivity contribution in [2.24, 2.45) is 0 Å². The van der Waals surface area contributed by atoms with Crippen LogP contribution in [0, 0.1) is 0 Å². The zero-order valence-corrected chi connectivity index (χ0v) is 11.3. The maximum atomic E-state index is 5.85. The summed E-state index contributed by atoms with van der Waals surface area (Å²) in [7, 11) is 0. The second-order valence-corrected chi connectivity index (χ2v) is 4.87. The van der Waals surface area contributed by atoms with E-state index in [1.807, 2.05) is 24.5 Å². The van der Waals surface area contributed by atoms with Gasteiger partial charge in [-0.3, -0.25) is 4.57 Å². The van der Waals surface area contributed by atoms with E-state index in [9.17, 15) is 0 Å². The number of thioether (sulfide) groups is 1. The maximum Gasteiger partial charge on any atom is 0.170 e. The predicted molar refractivity (Wildman–Crippen MR) is 77.1 cm³/mol. The molecule has 2 heterocycles. The minimum atomic E-state index is 0.423. The zero-order valence-electron chi connectivity index (χ0n) is 10.4. The van der Waals surface area contributed by atoms with Gasteiger partial charge in [0.25, 0.3) is 0 Å². The van der Waals surface area contributed by atoms with Crippen molar-refractivity contribution < 1.29 is 0 Å². The summed E-state index contributed by atoms with van der Waals surface area (Å²) in [4.78, 5) is 12.8. The molecular formula is C13H13N5S. The fourth-order valence-corrected chi connectivity index (χ4v) is 2.55. The van der Waals surface area contributed by atoms with Gasteiger partial charge in [-0.05, 0) is 11.8 Å². The van der Waals surface area contributed by atoms with Crippen molar-refractivity contribution in [2.75, 3.05) is 12.0 Å². The van der Waals surface area contributed by atoms with Crippen LogP contribution in [0.5, 0.6) is 0 Å². The first kappa shape index (κ1) is 12.0. The third kappa shape index (κ3) is 2.15. The molecule has 0 bridgehead atoms. The van der Waals surface area contributed by atoms with Crippen LogP contribution in [0.15, 0.2) is 41.8 Å². The number of imidazole rings is 1. The van der Waals surface area contributed by atoms with Crippen LogP contribution in [-0.2, 0) is 6.54 Å². The summed E-state index contributed by atoms with van der Waals surface area (Å²) in [5.41, 5.74) is 8.50. The molecule has 0 aliphatic heterocycles. The number of benzene rings is 1. The number of nitrogen functional groups attached to an aromatic ring is 1. The Hall–Kier alpha value is -2.08. The molecule has 0 unspecified atom stereocenters. The van der Waals surface area contributed by atoms with Gasteiger partial charge in [-0.15, -0.1) is 0 Å². The van der Waals surface area contributed by atoms with Gasteiger partial charge in [0, 0.05) is 0 Å². The van der Waals surface area contributed by atoms with Gasteiger partial charge in [-0.2, -0.15) is 0 Å². The molecule has 0 aliphatic carbocycles. The van der Waals surface area contributed by atoms with E-state index < -0.39 is 0 Å². The van der Waals surface area contributed by atoms with Gasteiger partial charge >= 0.3 is 0 Å². The largest absolute Gasteiger partial charge is 0.382 e. The van der Waals surface area contributed by atoms with E-state index in [0.29, 0.717) is 11.3 Å². The molecule has 96 valence electrons. The molecule has 0 aliphatic rings. The lowest BCUT2D eigenvalue weighted by molar-refractivity contribution is 0.724. The van der Waals surface area contributed by atoms with Crippen molar-refractivity contribution in [2.45, 2.75) is 11.7 Å². The molecule has 0 radical (unpaired) electrons. The molecule has 1 aromatic carbocycles. The van der Waals surface area contributed by atoms with Crippen LogP contribution in [0.2, 0.25) is 0 Å². The highest BCUT2D eigenvalue weighted by molar-refractivity contribution is 7.98. The van der Waals surface area contributed by atoms with Crippen molar-refractivity contribution >= 4 is 28.7 Å². The Bertz CT molecular complexity index is 708. The second kappa shape index (κ2) is 4.89. The average molecular weight is 271 g/mol. The number of nitrogens with zero attached hydrogens (tertiary/aromatic N) is 4. The van der Waals surface area contributed by atoms with E-state index in [1.165, 1.54) is 11.9 Å². The summed E-state index contributed by atoms with van der Waals surface area (Å²) < 4.78 is 2.06. The van der Waals surface area contributed by atoms with Crippen LogP contribution in [0.25, 0.3) is 11.2 Å². The van der Waals surface area contributed by atoms with E-state index in [4.69, 9.17) is 5.73 Å². The number of hydrogen-bond acceptors (Lipinski definition) is 5. The fourth-order valence-electron chi connectivity index (χ4n) is 2.00. The van der Waals surface area contributed by atoms with E-state index in [0.717, 1.165) is 17.3 Å². The molecule has 0 spiro atoms. The average Bonchev–Trinajstić information content (AvgIpc) is 2.80. The van der Waals surface area contributed by atoms with Crippen molar-refractivity contribution in [3.8, 4) is 0 Å². The number of hydrogen-bond donors (Lipinski definition) is 1. The molecule has 0 saturated heterocycles. The van der Waals surface area contributed by atoms with Crippen molar-refractivity contribution in [3.05, 3.63) is 42.2 Å². The Balaban J connectivity index is 2.14. The Morgan fingerprint density at radius 3 is 2.74 bits per heavy atom. The second-order valence-electron chi connectivity index (χ2n) is 4.10. The smallest absolute Gasteiger partial charge is 0.170 e. The number of fused-ring (bicyclic) bond motifs is 1. The van der Waals surface area contributed by atoms with Crippen LogP contribution < -0.4 is 5.73 Å². The molecule has 5 nitrogen and oxygen atoms in total. The van der Waals surface area contributed by atoms with Crippen LogP contribution in [0.1, 0.15) is 5.56 Å². The molecule has 2 aromatic heterocycles. The van der Waals surface area contributed by atoms with Gasteiger partial charge < -0.3 is 5.73 Å². The van der Waals surface area contributed by atoms with Crippen LogP contribution >= 0.6 is 11.8 Å². The SMILES string of the molecule is CSc1nc2c(N)ncnc2n1Cc1ccccc1. The van der Waals surface area contributed by atoms with Crippen LogP contribution in [-0.4, -0.2) is 25.8 Å².